The van der Waals surface area contributed by atoms with Gasteiger partial charge < -0.3 is 9.84 Å². The summed E-state index contributed by atoms with van der Waals surface area (Å²) in [7, 11) is 1.38. The summed E-state index contributed by atoms with van der Waals surface area (Å²) in [5.41, 5.74) is -0.835. The number of benzene rings is 1. The maximum atomic E-state index is 13.1. The van der Waals surface area contributed by atoms with Crippen LogP contribution in [0.3, 0.4) is 0 Å². The molecule has 0 amide bonds. The quantitative estimate of drug-likeness (QED) is 0.865. The molecule has 2 heterocycles. The second-order valence-electron chi connectivity index (χ2n) is 6.25. The van der Waals surface area contributed by atoms with Crippen LogP contribution in [0.25, 0.3) is 0 Å². The van der Waals surface area contributed by atoms with E-state index < -0.39 is 36.9 Å². The molecule has 0 saturated carbocycles. The molecule has 0 spiro atoms. The highest BCUT2D eigenvalue weighted by Gasteiger charge is 2.63. The third kappa shape index (κ3) is 2.67. The Kier molecular flexibility index (Phi) is 4.22. The Balaban J connectivity index is 2.00. The van der Waals surface area contributed by atoms with Gasteiger partial charge in [0.25, 0.3) is 0 Å². The number of nitrogens with zero attached hydrogens (tertiary/aromatic N) is 3. The molecule has 0 aromatic heterocycles. The molecule has 3 rings (SSSR count). The van der Waals surface area contributed by atoms with E-state index in [1.54, 1.807) is 13.0 Å². The smallest absolute Gasteiger partial charge is 0.379 e. The Morgan fingerprint density at radius 3 is 2.72 bits per heavy atom. The Morgan fingerprint density at radius 2 is 2.16 bits per heavy atom. The van der Waals surface area contributed by atoms with Gasteiger partial charge in [-0.2, -0.15) is 23.5 Å². The van der Waals surface area contributed by atoms with E-state index in [2.05, 4.69) is 5.10 Å². The number of hydrazone groups is 1. The molecule has 2 aliphatic rings. The second kappa shape index (κ2) is 5.87. The Hall–Kier alpha value is -1.82. The number of fused-ring (bicyclic) bond motifs is 1. The topological polar surface area (TPSA) is 68.8 Å². The second-order valence-corrected chi connectivity index (χ2v) is 6.63. The summed E-state index contributed by atoms with van der Waals surface area (Å²) in [5, 5.41) is 24.7. The lowest BCUT2D eigenvalue weighted by molar-refractivity contribution is -0.254. The van der Waals surface area contributed by atoms with Crippen LogP contribution >= 0.6 is 11.6 Å². The van der Waals surface area contributed by atoms with Crippen molar-refractivity contribution >= 4 is 17.3 Å². The SMILES string of the molecule is CO[C@@H]1C(c2ccc(C#N)c(Cl)c2C)=NN2CC(O)(C(F)(F)F)C[C@@H]12. The van der Waals surface area contributed by atoms with E-state index >= 15 is 0 Å². The summed E-state index contributed by atoms with van der Waals surface area (Å²) < 4.78 is 44.7. The van der Waals surface area contributed by atoms with E-state index in [-0.39, 0.29) is 5.02 Å². The van der Waals surface area contributed by atoms with Crippen LogP contribution in [-0.2, 0) is 4.74 Å². The molecule has 1 aromatic rings. The third-order valence-electron chi connectivity index (χ3n) is 4.77. The van der Waals surface area contributed by atoms with Crippen LogP contribution in [0.2, 0.25) is 5.02 Å². The zero-order chi connectivity index (χ0) is 18.6. The molecule has 5 nitrogen and oxygen atoms in total. The summed E-state index contributed by atoms with van der Waals surface area (Å²) in [6.45, 7) is 1.07. The molecule has 134 valence electrons. The van der Waals surface area contributed by atoms with Gasteiger partial charge in [0.2, 0.25) is 0 Å². The average molecular weight is 374 g/mol. The van der Waals surface area contributed by atoms with Crippen LogP contribution in [0.1, 0.15) is 23.1 Å². The maximum Gasteiger partial charge on any atom is 0.419 e. The highest BCUT2D eigenvalue weighted by atomic mass is 35.5. The van der Waals surface area contributed by atoms with Crippen molar-refractivity contribution in [2.45, 2.75) is 37.3 Å². The van der Waals surface area contributed by atoms with Crippen LogP contribution in [0.15, 0.2) is 17.2 Å². The van der Waals surface area contributed by atoms with Crippen LogP contribution in [0, 0.1) is 18.3 Å². The first-order valence-corrected chi connectivity index (χ1v) is 7.87. The average Bonchev–Trinajstić information content (AvgIpc) is 3.03. The number of ether oxygens (including phenoxy) is 1. The lowest BCUT2D eigenvalue weighted by Crippen LogP contribution is -2.47. The predicted molar refractivity (Wildman–Crippen MR) is 84.4 cm³/mol. The van der Waals surface area contributed by atoms with E-state index in [4.69, 9.17) is 21.6 Å². The van der Waals surface area contributed by atoms with Gasteiger partial charge >= 0.3 is 6.18 Å². The van der Waals surface area contributed by atoms with Crippen LogP contribution < -0.4 is 0 Å². The minimum Gasteiger partial charge on any atom is -0.379 e. The van der Waals surface area contributed by atoms with Crippen molar-refractivity contribution in [1.82, 2.24) is 5.01 Å². The van der Waals surface area contributed by atoms with Crippen molar-refractivity contribution in [2.24, 2.45) is 5.10 Å². The monoisotopic (exact) mass is 373 g/mol. The molecule has 1 fully saturated rings. The summed E-state index contributed by atoms with van der Waals surface area (Å²) in [4.78, 5) is 0. The molecule has 25 heavy (non-hydrogen) atoms. The third-order valence-corrected chi connectivity index (χ3v) is 5.26. The fraction of sp³-hybridized carbons (Fsp3) is 0.500. The summed E-state index contributed by atoms with van der Waals surface area (Å²) in [6.07, 6.45) is -6.00. The molecule has 1 N–H and O–H groups in total. The number of methoxy groups -OCH3 is 1. The molecule has 1 aromatic carbocycles. The lowest BCUT2D eigenvalue weighted by Gasteiger charge is -2.26. The fourth-order valence-corrected chi connectivity index (χ4v) is 3.59. The van der Waals surface area contributed by atoms with Crippen molar-refractivity contribution in [3.63, 3.8) is 0 Å². The number of alkyl halides is 3. The molecule has 0 bridgehead atoms. The minimum atomic E-state index is -4.74. The van der Waals surface area contributed by atoms with E-state index in [1.807, 2.05) is 6.07 Å². The first kappa shape index (κ1) is 18.0. The zero-order valence-corrected chi connectivity index (χ0v) is 14.2. The Labute approximate surface area is 147 Å². The summed E-state index contributed by atoms with van der Waals surface area (Å²) >= 11 is 6.17. The fourth-order valence-electron chi connectivity index (χ4n) is 3.38. The molecule has 1 unspecified atom stereocenters. The summed E-state index contributed by atoms with van der Waals surface area (Å²) in [6, 6.07) is 4.45. The Morgan fingerprint density at radius 1 is 1.48 bits per heavy atom. The summed E-state index contributed by atoms with van der Waals surface area (Å²) in [5.74, 6) is 0. The molecular weight excluding hydrogens is 359 g/mol. The molecule has 0 radical (unpaired) electrons. The van der Waals surface area contributed by atoms with Crippen LogP contribution in [0.4, 0.5) is 13.2 Å². The predicted octanol–water partition coefficient (Wildman–Crippen LogP) is 2.62. The van der Waals surface area contributed by atoms with Crippen LogP contribution in [-0.4, -0.2) is 53.4 Å². The Bertz CT molecular complexity index is 790. The largest absolute Gasteiger partial charge is 0.419 e. The van der Waals surface area contributed by atoms with Crippen molar-refractivity contribution in [1.29, 1.82) is 5.26 Å². The van der Waals surface area contributed by atoms with E-state index in [0.29, 0.717) is 22.4 Å². The lowest BCUT2D eigenvalue weighted by atomic mass is 9.91. The number of rotatable bonds is 2. The number of halogens is 4. The van der Waals surface area contributed by atoms with Gasteiger partial charge in [0.05, 0.1) is 28.9 Å². The molecule has 2 aliphatic heterocycles. The van der Waals surface area contributed by atoms with Gasteiger partial charge in [0, 0.05) is 19.1 Å². The van der Waals surface area contributed by atoms with Gasteiger partial charge in [0.1, 0.15) is 12.2 Å². The highest BCUT2D eigenvalue weighted by molar-refractivity contribution is 6.33. The van der Waals surface area contributed by atoms with Gasteiger partial charge in [0.15, 0.2) is 5.60 Å². The number of aliphatic hydroxyl groups is 1. The molecule has 1 saturated heterocycles. The molecular formula is C16H15ClF3N3O2. The first-order chi connectivity index (χ1) is 11.6. The van der Waals surface area contributed by atoms with Gasteiger partial charge in [-0.05, 0) is 18.6 Å². The van der Waals surface area contributed by atoms with Gasteiger partial charge in [-0.1, -0.05) is 17.7 Å². The van der Waals surface area contributed by atoms with Crippen molar-refractivity contribution in [3.05, 3.63) is 33.8 Å². The van der Waals surface area contributed by atoms with Crippen molar-refractivity contribution < 1.29 is 23.0 Å². The number of hydrogen-bond acceptors (Lipinski definition) is 5. The van der Waals surface area contributed by atoms with Crippen molar-refractivity contribution in [3.8, 4) is 6.07 Å². The first-order valence-electron chi connectivity index (χ1n) is 7.49. The zero-order valence-electron chi connectivity index (χ0n) is 13.4. The standard InChI is InChI=1S/C16H15ClF3N3O2/c1-8-10(4-3-9(6-21)12(8)17)13-14(25-2)11-5-15(24,16(18,19)20)7-23(11)22-13/h3-4,11,14,24H,5,7H2,1-2H3/t11-,14-,15?/m0/s1. The molecule has 0 aliphatic carbocycles. The number of hydrogen-bond donors (Lipinski definition) is 1. The molecule has 3 atom stereocenters. The van der Waals surface area contributed by atoms with E-state index in [0.717, 1.165) is 0 Å². The van der Waals surface area contributed by atoms with Gasteiger partial charge in [-0.15, -0.1) is 0 Å². The maximum absolute atomic E-state index is 13.1. The van der Waals surface area contributed by atoms with Crippen molar-refractivity contribution in [2.75, 3.05) is 13.7 Å². The van der Waals surface area contributed by atoms with E-state index in [1.165, 1.54) is 18.2 Å². The minimum absolute atomic E-state index is 0.274. The van der Waals surface area contributed by atoms with Gasteiger partial charge in [-0.3, -0.25) is 5.01 Å². The molecule has 9 heteroatoms. The van der Waals surface area contributed by atoms with E-state index in [9.17, 15) is 18.3 Å². The number of nitriles is 1. The highest BCUT2D eigenvalue weighted by Crippen LogP contribution is 2.44. The van der Waals surface area contributed by atoms with Crippen LogP contribution in [0.5, 0.6) is 0 Å². The van der Waals surface area contributed by atoms with Gasteiger partial charge in [-0.25, -0.2) is 0 Å². The normalized spacial score (nSPS) is 28.7.